The third-order valence-corrected chi connectivity index (χ3v) is 13.0. The van der Waals surface area contributed by atoms with Gasteiger partial charge in [0.15, 0.2) is 0 Å². The lowest BCUT2D eigenvalue weighted by Crippen LogP contribution is -2.54. The van der Waals surface area contributed by atoms with Gasteiger partial charge in [-0.05, 0) is 78.8 Å². The van der Waals surface area contributed by atoms with E-state index in [-0.39, 0.29) is 11.8 Å². The fraction of sp³-hybridized carbons (Fsp3) is 0.488. The van der Waals surface area contributed by atoms with E-state index in [1.165, 1.54) is 44.9 Å². The van der Waals surface area contributed by atoms with Gasteiger partial charge in [-0.3, -0.25) is 19.4 Å². The first-order valence-corrected chi connectivity index (χ1v) is 19.5. The molecule has 4 heterocycles. The van der Waals surface area contributed by atoms with E-state index >= 15 is 0 Å². The van der Waals surface area contributed by atoms with Crippen molar-refractivity contribution < 1.29 is 19.8 Å². The van der Waals surface area contributed by atoms with Gasteiger partial charge in [0.1, 0.15) is 11.3 Å². The predicted octanol–water partition coefficient (Wildman–Crippen LogP) is 8.64. The van der Waals surface area contributed by atoms with Crippen molar-refractivity contribution in [2.75, 3.05) is 20.4 Å². The number of hydrogen-bond donors (Lipinski definition) is 4. The Labute approximate surface area is 300 Å². The first kappa shape index (κ1) is 32.7. The van der Waals surface area contributed by atoms with Crippen LogP contribution in [0.4, 0.5) is 22.7 Å². The molecule has 266 valence electrons. The van der Waals surface area contributed by atoms with Crippen LogP contribution in [-0.2, 0) is 9.59 Å². The van der Waals surface area contributed by atoms with Gasteiger partial charge in [-0.2, -0.15) is 0 Å². The Kier molecular flexibility index (Phi) is 7.85. The summed E-state index contributed by atoms with van der Waals surface area (Å²) in [5, 5.41) is 35.2. The van der Waals surface area contributed by atoms with Crippen LogP contribution in [0, 0.1) is 0 Å². The van der Waals surface area contributed by atoms with E-state index in [4.69, 9.17) is 0 Å². The third kappa shape index (κ3) is 4.85. The Hall–Kier alpha value is -4.14. The largest absolute Gasteiger partial charge is 0.392 e. The van der Waals surface area contributed by atoms with Crippen molar-refractivity contribution in [2.45, 2.75) is 133 Å². The molecule has 2 amide bonds. The highest BCUT2D eigenvalue weighted by molar-refractivity contribution is 6.15. The van der Waals surface area contributed by atoms with Crippen LogP contribution in [-0.4, -0.2) is 45.6 Å². The van der Waals surface area contributed by atoms with Crippen molar-refractivity contribution in [3.63, 3.8) is 0 Å². The van der Waals surface area contributed by atoms with E-state index in [1.807, 2.05) is 46.2 Å². The van der Waals surface area contributed by atoms with Crippen LogP contribution in [0.2, 0.25) is 0 Å². The maximum atomic E-state index is 13.5. The normalized spacial score (nSPS) is 28.9. The van der Waals surface area contributed by atoms with Crippen LogP contribution in [0.1, 0.15) is 120 Å². The average Bonchev–Trinajstić information content (AvgIpc) is 3.63. The molecule has 9 rings (SSSR count). The van der Waals surface area contributed by atoms with Gasteiger partial charge < -0.3 is 20.8 Å². The number of nitrogens with zero attached hydrogens (tertiary/aromatic N) is 2. The van der Waals surface area contributed by atoms with Gasteiger partial charge >= 0.3 is 0 Å². The fourth-order valence-corrected chi connectivity index (χ4v) is 10.4. The van der Waals surface area contributed by atoms with Crippen LogP contribution < -0.4 is 20.4 Å². The molecule has 0 radical (unpaired) electrons. The second kappa shape index (κ2) is 12.2. The van der Waals surface area contributed by atoms with Gasteiger partial charge in [0, 0.05) is 46.8 Å². The molecule has 51 heavy (non-hydrogen) atoms. The number of nitrogens with one attached hydrogen (secondary N) is 2. The minimum Gasteiger partial charge on any atom is -0.392 e. The second-order valence-corrected chi connectivity index (χ2v) is 16.1. The van der Waals surface area contributed by atoms with E-state index in [1.54, 1.807) is 0 Å². The first-order valence-electron chi connectivity index (χ1n) is 19.5. The molecule has 1 saturated carbocycles. The van der Waals surface area contributed by atoms with Crippen LogP contribution in [0.3, 0.4) is 0 Å². The molecule has 4 unspecified atom stereocenters. The van der Waals surface area contributed by atoms with Crippen molar-refractivity contribution in [3.05, 3.63) is 71.8 Å². The van der Waals surface area contributed by atoms with E-state index in [9.17, 15) is 19.8 Å². The number of rotatable bonds is 11. The lowest BCUT2D eigenvalue weighted by Gasteiger charge is -2.49. The van der Waals surface area contributed by atoms with Crippen molar-refractivity contribution in [3.8, 4) is 0 Å². The number of carbonyl (C=O) groups excluding carboxylic acids is 2. The van der Waals surface area contributed by atoms with E-state index < -0.39 is 35.4 Å². The zero-order valence-electron chi connectivity index (χ0n) is 29.9. The Morgan fingerprint density at radius 3 is 1.82 bits per heavy atom. The molecule has 0 bridgehead atoms. The maximum Gasteiger partial charge on any atom is 0.229 e. The monoisotopic (exact) mass is 686 g/mol. The van der Waals surface area contributed by atoms with E-state index in [2.05, 4.69) is 48.7 Å². The Morgan fingerprint density at radius 1 is 0.667 bits per heavy atom. The van der Waals surface area contributed by atoms with Crippen LogP contribution in [0.25, 0.3) is 21.5 Å². The molecule has 0 aromatic heterocycles. The van der Waals surface area contributed by atoms with E-state index in [0.29, 0.717) is 12.8 Å². The highest BCUT2D eigenvalue weighted by Crippen LogP contribution is 2.56. The summed E-state index contributed by atoms with van der Waals surface area (Å²) < 4.78 is 0. The lowest BCUT2D eigenvalue weighted by molar-refractivity contribution is -0.118. The number of aliphatic hydroxyl groups is 2. The Bertz CT molecular complexity index is 2050. The lowest BCUT2D eigenvalue weighted by atomic mass is 9.62. The number of fused-ring (bicyclic) bond motifs is 4. The van der Waals surface area contributed by atoms with Gasteiger partial charge in [-0.25, -0.2) is 0 Å². The SMILES string of the molecule is CCCCCCCCCCC12CCC(=O)N1c1cccc3c(C4C(O)C(c5ccc6c7c(cccc57)N5C(=O)CCC5(C)N6)C4O)ccc(c13)N2. The van der Waals surface area contributed by atoms with Gasteiger partial charge in [-0.15, -0.1) is 0 Å². The molecular formula is C43H50N4O4. The summed E-state index contributed by atoms with van der Waals surface area (Å²) >= 11 is 0. The summed E-state index contributed by atoms with van der Waals surface area (Å²) in [6.45, 7) is 4.33. The molecule has 8 heteroatoms. The molecular weight excluding hydrogens is 636 g/mol. The average molecular weight is 687 g/mol. The number of amides is 2. The molecule has 1 aliphatic carbocycles. The van der Waals surface area contributed by atoms with Gasteiger partial charge in [-0.1, -0.05) is 88.3 Å². The molecule has 4 aromatic rings. The number of benzene rings is 4. The Morgan fingerprint density at radius 2 is 1.20 bits per heavy atom. The number of anilines is 4. The van der Waals surface area contributed by atoms with Crippen LogP contribution >= 0.6 is 0 Å². The van der Waals surface area contributed by atoms with Gasteiger partial charge in [0.05, 0.1) is 23.6 Å². The van der Waals surface area contributed by atoms with Gasteiger partial charge in [0.2, 0.25) is 11.8 Å². The minimum absolute atomic E-state index is 0.107. The van der Waals surface area contributed by atoms with Crippen LogP contribution in [0.15, 0.2) is 60.7 Å². The molecule has 3 fully saturated rings. The summed E-state index contributed by atoms with van der Waals surface area (Å²) in [4.78, 5) is 30.5. The zero-order chi connectivity index (χ0) is 35.1. The van der Waals surface area contributed by atoms with Crippen LogP contribution in [0.5, 0.6) is 0 Å². The maximum absolute atomic E-state index is 13.5. The van der Waals surface area contributed by atoms with E-state index in [0.717, 1.165) is 81.1 Å². The standard InChI is InChI=1S/C43H50N4O4/c1-3-4-5-6-7-8-9-10-23-43-25-22-35(49)47(43)33-16-12-14-27-29(18-20-31(45-43)37(27)33)39-40(50)38(41(39)51)28-17-19-30-36-26(28)13-11-15-32(36)46-34(48)21-24-42(46,2)44-30/h11-20,38-41,44-45,50-51H,3-10,21-25H2,1-2H3. The highest BCUT2D eigenvalue weighted by Gasteiger charge is 2.53. The number of carbonyl (C=O) groups is 2. The molecule has 5 aliphatic rings. The molecule has 0 spiro atoms. The minimum atomic E-state index is -0.810. The summed E-state index contributed by atoms with van der Waals surface area (Å²) in [6.07, 6.45) is 11.9. The zero-order valence-corrected chi connectivity index (χ0v) is 29.9. The molecule has 4 aliphatic heterocycles. The van der Waals surface area contributed by atoms with Crippen molar-refractivity contribution in [1.82, 2.24) is 0 Å². The summed E-state index contributed by atoms with van der Waals surface area (Å²) in [7, 11) is 0. The first-order chi connectivity index (χ1) is 24.8. The van der Waals surface area contributed by atoms with Crippen molar-refractivity contribution in [1.29, 1.82) is 0 Å². The molecule has 2 saturated heterocycles. The number of aliphatic hydroxyl groups excluding tert-OH is 2. The Balaban J connectivity index is 0.998. The quantitative estimate of drug-likeness (QED) is 0.118. The topological polar surface area (TPSA) is 105 Å². The summed E-state index contributed by atoms with van der Waals surface area (Å²) in [5.74, 6) is -0.700. The van der Waals surface area contributed by atoms with Gasteiger partial charge in [0.25, 0.3) is 0 Å². The fourth-order valence-electron chi connectivity index (χ4n) is 10.4. The second-order valence-electron chi connectivity index (χ2n) is 16.1. The smallest absolute Gasteiger partial charge is 0.229 e. The number of hydrogen-bond acceptors (Lipinski definition) is 6. The molecule has 8 nitrogen and oxygen atoms in total. The molecule has 4 N–H and O–H groups in total. The number of unbranched alkanes of at least 4 members (excludes halogenated alkanes) is 7. The van der Waals surface area contributed by atoms with Crippen molar-refractivity contribution >= 4 is 56.1 Å². The molecule has 4 aromatic carbocycles. The highest BCUT2D eigenvalue weighted by atomic mass is 16.3. The molecule has 4 atom stereocenters. The summed E-state index contributed by atoms with van der Waals surface area (Å²) in [5.41, 5.74) is 4.74. The van der Waals surface area contributed by atoms with Crippen molar-refractivity contribution in [2.24, 2.45) is 0 Å². The summed E-state index contributed by atoms with van der Waals surface area (Å²) in [6, 6.07) is 20.4. The third-order valence-electron chi connectivity index (χ3n) is 13.0. The predicted molar refractivity (Wildman–Crippen MR) is 204 cm³/mol.